The first-order chi connectivity index (χ1) is 8.13. The van der Waals surface area contributed by atoms with E-state index in [0.29, 0.717) is 5.82 Å². The summed E-state index contributed by atoms with van der Waals surface area (Å²) in [5.41, 5.74) is 1.60. The van der Waals surface area contributed by atoms with E-state index in [0.717, 1.165) is 11.0 Å². The summed E-state index contributed by atoms with van der Waals surface area (Å²) in [5.74, 6) is -0.256. The summed E-state index contributed by atoms with van der Waals surface area (Å²) in [6.07, 6.45) is -0.234. The molecular formula is C12H14N2O3. The average Bonchev–Trinajstić information content (AvgIpc) is 2.67. The van der Waals surface area contributed by atoms with Crippen molar-refractivity contribution in [1.82, 2.24) is 9.55 Å². The van der Waals surface area contributed by atoms with Crippen LogP contribution in [0.3, 0.4) is 0 Å². The van der Waals surface area contributed by atoms with Crippen LogP contribution in [0.5, 0.6) is 0 Å². The van der Waals surface area contributed by atoms with Gasteiger partial charge in [0.05, 0.1) is 11.0 Å². The molecule has 2 aromatic rings. The van der Waals surface area contributed by atoms with Gasteiger partial charge < -0.3 is 14.4 Å². The Morgan fingerprint density at radius 3 is 2.88 bits per heavy atom. The van der Waals surface area contributed by atoms with Crippen LogP contribution in [0.25, 0.3) is 11.0 Å². The molecule has 1 N–H and O–H groups in total. The van der Waals surface area contributed by atoms with Gasteiger partial charge in [0.1, 0.15) is 18.5 Å². The van der Waals surface area contributed by atoms with Crippen molar-refractivity contribution >= 4 is 17.0 Å². The quantitative estimate of drug-likeness (QED) is 0.876. The maximum absolute atomic E-state index is 10.9. The number of aliphatic carboxylic acids is 1. The van der Waals surface area contributed by atoms with Crippen LogP contribution >= 0.6 is 0 Å². The average molecular weight is 234 g/mol. The molecule has 1 heterocycles. The van der Waals surface area contributed by atoms with Gasteiger partial charge in [-0.1, -0.05) is 12.1 Å². The van der Waals surface area contributed by atoms with Crippen molar-refractivity contribution in [3.8, 4) is 0 Å². The summed E-state index contributed by atoms with van der Waals surface area (Å²) in [5, 5.41) is 8.93. The number of para-hydroxylation sites is 2. The van der Waals surface area contributed by atoms with E-state index in [2.05, 4.69) is 4.98 Å². The zero-order chi connectivity index (χ0) is 12.4. The number of hydrogen-bond acceptors (Lipinski definition) is 3. The van der Waals surface area contributed by atoms with Gasteiger partial charge in [-0.3, -0.25) is 4.79 Å². The molecule has 1 atom stereocenters. The summed E-state index contributed by atoms with van der Waals surface area (Å²) in [4.78, 5) is 15.3. The molecule has 5 nitrogen and oxygen atoms in total. The number of nitrogens with zero attached hydrogens (tertiary/aromatic N) is 2. The Labute approximate surface area is 98.6 Å². The molecule has 0 bridgehead atoms. The first-order valence-electron chi connectivity index (χ1n) is 5.33. The Bertz CT molecular complexity index is 548. The number of fused-ring (bicyclic) bond motifs is 1. The second-order valence-corrected chi connectivity index (χ2v) is 3.82. The second kappa shape index (κ2) is 4.55. The SMILES string of the molecule is COC(C)c1nc2ccccc2n1CC(=O)O. The van der Waals surface area contributed by atoms with Gasteiger partial charge in [-0.2, -0.15) is 0 Å². The minimum absolute atomic E-state index is 0.108. The number of aromatic nitrogens is 2. The van der Waals surface area contributed by atoms with Crippen molar-refractivity contribution < 1.29 is 14.6 Å². The molecule has 0 saturated heterocycles. The minimum Gasteiger partial charge on any atom is -0.480 e. The van der Waals surface area contributed by atoms with Gasteiger partial charge in [-0.25, -0.2) is 4.98 Å². The highest BCUT2D eigenvalue weighted by Crippen LogP contribution is 2.22. The number of carbonyl (C=O) groups is 1. The largest absolute Gasteiger partial charge is 0.480 e. The molecule has 2 rings (SSSR count). The number of hydrogen-bond donors (Lipinski definition) is 1. The lowest BCUT2D eigenvalue weighted by atomic mass is 10.3. The van der Waals surface area contributed by atoms with Crippen LogP contribution in [0.15, 0.2) is 24.3 Å². The molecule has 1 aromatic heterocycles. The first-order valence-corrected chi connectivity index (χ1v) is 5.33. The van der Waals surface area contributed by atoms with Crippen molar-refractivity contribution in [3.05, 3.63) is 30.1 Å². The number of ether oxygens (including phenoxy) is 1. The zero-order valence-corrected chi connectivity index (χ0v) is 9.75. The van der Waals surface area contributed by atoms with Gasteiger partial charge in [0.25, 0.3) is 0 Å². The summed E-state index contributed by atoms with van der Waals surface area (Å²) < 4.78 is 6.88. The highest BCUT2D eigenvalue weighted by Gasteiger charge is 2.17. The van der Waals surface area contributed by atoms with Gasteiger partial charge in [0, 0.05) is 7.11 Å². The molecule has 1 unspecified atom stereocenters. The third-order valence-corrected chi connectivity index (χ3v) is 2.69. The summed E-state index contributed by atoms with van der Waals surface area (Å²) in [7, 11) is 1.58. The monoisotopic (exact) mass is 234 g/mol. The van der Waals surface area contributed by atoms with E-state index in [1.54, 1.807) is 11.7 Å². The highest BCUT2D eigenvalue weighted by molar-refractivity contribution is 5.78. The van der Waals surface area contributed by atoms with Crippen LogP contribution in [0.1, 0.15) is 18.9 Å². The third-order valence-electron chi connectivity index (χ3n) is 2.69. The molecule has 17 heavy (non-hydrogen) atoms. The molecule has 1 aromatic carbocycles. The maximum atomic E-state index is 10.9. The number of imidazole rings is 1. The lowest BCUT2D eigenvalue weighted by Gasteiger charge is -2.11. The Morgan fingerprint density at radius 2 is 2.24 bits per heavy atom. The molecule has 0 saturated carbocycles. The van der Waals surface area contributed by atoms with Gasteiger partial charge in [-0.15, -0.1) is 0 Å². The predicted molar refractivity (Wildman–Crippen MR) is 62.8 cm³/mol. The van der Waals surface area contributed by atoms with Crippen LogP contribution in [0, 0.1) is 0 Å². The minimum atomic E-state index is -0.891. The summed E-state index contributed by atoms with van der Waals surface area (Å²) in [6, 6.07) is 7.46. The van der Waals surface area contributed by atoms with Gasteiger partial charge in [0.2, 0.25) is 0 Å². The summed E-state index contributed by atoms with van der Waals surface area (Å²) in [6.45, 7) is 1.74. The van der Waals surface area contributed by atoms with Crippen molar-refractivity contribution in [3.63, 3.8) is 0 Å². The van der Waals surface area contributed by atoms with E-state index < -0.39 is 5.97 Å². The van der Waals surface area contributed by atoms with E-state index in [1.165, 1.54) is 0 Å². The number of rotatable bonds is 4. The maximum Gasteiger partial charge on any atom is 0.323 e. The lowest BCUT2D eigenvalue weighted by Crippen LogP contribution is -2.14. The van der Waals surface area contributed by atoms with Crippen LogP contribution in [-0.2, 0) is 16.1 Å². The van der Waals surface area contributed by atoms with E-state index in [9.17, 15) is 4.79 Å². The van der Waals surface area contributed by atoms with E-state index in [-0.39, 0.29) is 12.6 Å². The Morgan fingerprint density at radius 1 is 1.53 bits per heavy atom. The fraction of sp³-hybridized carbons (Fsp3) is 0.333. The number of methoxy groups -OCH3 is 1. The fourth-order valence-corrected chi connectivity index (χ4v) is 1.81. The molecule has 0 radical (unpaired) electrons. The van der Waals surface area contributed by atoms with Crippen molar-refractivity contribution in [1.29, 1.82) is 0 Å². The van der Waals surface area contributed by atoms with E-state index in [1.807, 2.05) is 31.2 Å². The first kappa shape index (κ1) is 11.6. The molecule has 90 valence electrons. The topological polar surface area (TPSA) is 64.4 Å². The van der Waals surface area contributed by atoms with Crippen LogP contribution in [0.4, 0.5) is 0 Å². The van der Waals surface area contributed by atoms with E-state index in [4.69, 9.17) is 9.84 Å². The number of benzene rings is 1. The van der Waals surface area contributed by atoms with E-state index >= 15 is 0 Å². The van der Waals surface area contributed by atoms with Gasteiger partial charge >= 0.3 is 5.97 Å². The summed E-state index contributed by atoms with van der Waals surface area (Å²) >= 11 is 0. The normalized spacial score (nSPS) is 12.8. The molecule has 0 spiro atoms. The van der Waals surface area contributed by atoms with Gasteiger partial charge in [-0.05, 0) is 19.1 Å². The Hall–Kier alpha value is -1.88. The van der Waals surface area contributed by atoms with Crippen molar-refractivity contribution in [2.45, 2.75) is 19.6 Å². The molecule has 0 aliphatic carbocycles. The lowest BCUT2D eigenvalue weighted by molar-refractivity contribution is -0.137. The van der Waals surface area contributed by atoms with Crippen LogP contribution in [0.2, 0.25) is 0 Å². The molecule has 0 aliphatic rings. The molecule has 0 amide bonds. The van der Waals surface area contributed by atoms with Crippen molar-refractivity contribution in [2.24, 2.45) is 0 Å². The fourth-order valence-electron chi connectivity index (χ4n) is 1.81. The smallest absolute Gasteiger partial charge is 0.323 e. The zero-order valence-electron chi connectivity index (χ0n) is 9.75. The molecular weight excluding hydrogens is 220 g/mol. The Balaban J connectivity index is 2.60. The van der Waals surface area contributed by atoms with Crippen LogP contribution < -0.4 is 0 Å². The molecule has 0 aliphatic heterocycles. The van der Waals surface area contributed by atoms with Gasteiger partial charge in [0.15, 0.2) is 0 Å². The number of carboxylic acids is 1. The molecule has 0 fully saturated rings. The Kier molecular flexibility index (Phi) is 3.10. The van der Waals surface area contributed by atoms with Crippen molar-refractivity contribution in [2.75, 3.05) is 7.11 Å². The standard InChI is InChI=1S/C12H14N2O3/c1-8(17-2)12-13-9-5-3-4-6-10(9)14(12)7-11(15)16/h3-6,8H,7H2,1-2H3,(H,15,16). The second-order valence-electron chi connectivity index (χ2n) is 3.82. The molecule has 5 heteroatoms. The predicted octanol–water partition coefficient (Wildman–Crippen LogP) is 1.83. The third kappa shape index (κ3) is 2.14. The van der Waals surface area contributed by atoms with Crippen LogP contribution in [-0.4, -0.2) is 27.7 Å². The highest BCUT2D eigenvalue weighted by atomic mass is 16.5. The number of carboxylic acid groups (broad SMARTS) is 1.